The number of pyridine rings is 1. The van der Waals surface area contributed by atoms with Gasteiger partial charge < -0.3 is 20.3 Å². The van der Waals surface area contributed by atoms with Gasteiger partial charge in [-0.2, -0.15) is 13.2 Å². The molecule has 3 aromatic rings. The van der Waals surface area contributed by atoms with Crippen molar-refractivity contribution in [2.75, 3.05) is 31.3 Å². The molecule has 0 bridgehead atoms. The van der Waals surface area contributed by atoms with Crippen molar-refractivity contribution in [3.8, 4) is 0 Å². The Bertz CT molecular complexity index is 1410. The molecule has 2 heterocycles. The SMILES string of the molecule is CN(C)CC1CCC([n+]2cc(NC(=O)Nc3cc(N=C([O-])Cc4cccc(=O)[nH]4)cc(C(F)(F)F)c3)on2)CC1. The van der Waals surface area contributed by atoms with Gasteiger partial charge in [0.2, 0.25) is 10.8 Å². The number of hydrogen-bond donors (Lipinski definition) is 3. The average Bonchev–Trinajstić information content (AvgIpc) is 3.31. The van der Waals surface area contributed by atoms with E-state index in [1.807, 2.05) is 14.1 Å². The van der Waals surface area contributed by atoms with Crippen LogP contribution in [0.15, 0.2) is 56.9 Å². The molecule has 1 fully saturated rings. The minimum Gasteiger partial charge on any atom is -0.861 e. The van der Waals surface area contributed by atoms with E-state index >= 15 is 0 Å². The summed E-state index contributed by atoms with van der Waals surface area (Å²) in [6.45, 7) is 1.02. The van der Waals surface area contributed by atoms with E-state index in [0.717, 1.165) is 44.4 Å². The van der Waals surface area contributed by atoms with Crippen LogP contribution in [0.4, 0.5) is 35.2 Å². The van der Waals surface area contributed by atoms with E-state index in [-0.39, 0.29) is 35.4 Å². The molecule has 0 radical (unpaired) electrons. The first-order valence-electron chi connectivity index (χ1n) is 12.7. The van der Waals surface area contributed by atoms with Crippen LogP contribution >= 0.6 is 0 Å². The molecular weight excluding hydrogens is 531 g/mol. The zero-order valence-corrected chi connectivity index (χ0v) is 22.0. The number of aromatic amines is 1. The summed E-state index contributed by atoms with van der Waals surface area (Å²) < 4.78 is 47.4. The van der Waals surface area contributed by atoms with E-state index in [0.29, 0.717) is 12.0 Å². The van der Waals surface area contributed by atoms with Gasteiger partial charge >= 0.3 is 18.1 Å². The van der Waals surface area contributed by atoms with Crippen LogP contribution in [0.2, 0.25) is 0 Å². The van der Waals surface area contributed by atoms with Gasteiger partial charge in [-0.3, -0.25) is 19.6 Å². The summed E-state index contributed by atoms with van der Waals surface area (Å²) in [4.78, 5) is 32.3. The molecule has 0 spiro atoms. The standard InChI is InChI=1S/C26H30F3N7O4/c1-35(2)14-16-6-8-21(9-7-16)36-15-24(40-34-36)33-25(39)32-20-11-17(26(27,28)29)10-19(12-20)31-23(38)13-18-4-3-5-22(37)30-18/h3-5,10-12,15-16,21H,6-9,13-14H2,1-2H3,(H3-,30,31,32,33,34,37,38,39). The van der Waals surface area contributed by atoms with E-state index in [1.165, 1.54) is 24.4 Å². The largest absolute Gasteiger partial charge is 0.861 e. The van der Waals surface area contributed by atoms with Crippen molar-refractivity contribution in [3.63, 3.8) is 0 Å². The normalized spacial score (nSPS) is 18.1. The number of aromatic nitrogens is 3. The molecule has 3 N–H and O–H groups in total. The number of carbonyl (C=O) groups is 1. The maximum absolute atomic E-state index is 13.5. The van der Waals surface area contributed by atoms with Crippen molar-refractivity contribution in [2.24, 2.45) is 10.9 Å². The summed E-state index contributed by atoms with van der Waals surface area (Å²) in [5.41, 5.74) is -1.81. The molecule has 4 rings (SSSR count). The molecule has 0 unspecified atom stereocenters. The quantitative estimate of drug-likeness (QED) is 0.219. The molecule has 0 atom stereocenters. The van der Waals surface area contributed by atoms with Crippen LogP contribution in [0.1, 0.15) is 43.0 Å². The highest BCUT2D eigenvalue weighted by atomic mass is 19.4. The van der Waals surface area contributed by atoms with E-state index in [4.69, 9.17) is 4.52 Å². The Morgan fingerprint density at radius 2 is 1.95 bits per heavy atom. The highest BCUT2D eigenvalue weighted by molar-refractivity contribution is 5.99. The fourth-order valence-electron chi connectivity index (χ4n) is 4.72. The molecule has 1 saturated carbocycles. The number of nitrogens with one attached hydrogen (secondary N) is 3. The summed E-state index contributed by atoms with van der Waals surface area (Å²) in [5.74, 6) is -0.140. The van der Waals surface area contributed by atoms with Crippen LogP contribution in [0.25, 0.3) is 0 Å². The Morgan fingerprint density at radius 1 is 1.20 bits per heavy atom. The van der Waals surface area contributed by atoms with Crippen molar-refractivity contribution in [1.82, 2.24) is 15.2 Å². The number of halogens is 3. The summed E-state index contributed by atoms with van der Waals surface area (Å²) in [6, 6.07) is 6.01. The van der Waals surface area contributed by atoms with E-state index in [1.54, 1.807) is 4.68 Å². The fraction of sp³-hybridized carbons (Fsp3) is 0.423. The number of amides is 2. The predicted octanol–water partition coefficient (Wildman–Crippen LogP) is 3.24. The highest BCUT2D eigenvalue weighted by Crippen LogP contribution is 2.34. The van der Waals surface area contributed by atoms with Crippen molar-refractivity contribution >= 4 is 29.2 Å². The van der Waals surface area contributed by atoms with Gasteiger partial charge in [-0.05, 0) is 67.7 Å². The van der Waals surface area contributed by atoms with E-state index in [9.17, 15) is 27.9 Å². The number of urea groups is 1. The topological polar surface area (TPSA) is 143 Å². The lowest BCUT2D eigenvalue weighted by Crippen LogP contribution is -2.43. The van der Waals surface area contributed by atoms with Gasteiger partial charge in [0.15, 0.2) is 6.04 Å². The smallest absolute Gasteiger partial charge is 0.416 e. The number of alkyl halides is 3. The molecule has 0 aliphatic heterocycles. The van der Waals surface area contributed by atoms with Gasteiger partial charge in [-0.25, -0.2) is 4.79 Å². The second-order valence-electron chi connectivity index (χ2n) is 10.1. The van der Waals surface area contributed by atoms with Crippen LogP contribution < -0.4 is 26.0 Å². The van der Waals surface area contributed by atoms with Gasteiger partial charge in [0.05, 0.1) is 11.3 Å². The summed E-state index contributed by atoms with van der Waals surface area (Å²) in [6.07, 6.45) is 0.373. The number of anilines is 2. The van der Waals surface area contributed by atoms with Crippen molar-refractivity contribution < 1.29 is 32.3 Å². The van der Waals surface area contributed by atoms with Crippen LogP contribution in [-0.4, -0.2) is 47.7 Å². The molecule has 214 valence electrons. The first-order valence-corrected chi connectivity index (χ1v) is 12.7. The summed E-state index contributed by atoms with van der Waals surface area (Å²) in [5, 5.41) is 21.1. The monoisotopic (exact) mass is 561 g/mol. The lowest BCUT2D eigenvalue weighted by Gasteiger charge is -2.26. The predicted molar refractivity (Wildman–Crippen MR) is 138 cm³/mol. The Morgan fingerprint density at radius 3 is 2.62 bits per heavy atom. The van der Waals surface area contributed by atoms with E-state index < -0.39 is 29.2 Å². The maximum atomic E-state index is 13.5. The molecular formula is C26H30F3N7O4. The number of H-pyrrole nitrogens is 1. The number of nitrogens with zero attached hydrogens (tertiary/aromatic N) is 4. The third kappa shape index (κ3) is 8.15. The fourth-order valence-corrected chi connectivity index (χ4v) is 4.72. The van der Waals surface area contributed by atoms with Crippen molar-refractivity contribution in [3.05, 3.63) is 64.2 Å². The van der Waals surface area contributed by atoms with Crippen LogP contribution in [0.5, 0.6) is 0 Å². The number of aliphatic imine (C=N–C) groups is 1. The third-order valence-corrected chi connectivity index (χ3v) is 6.46. The second kappa shape index (κ2) is 12.3. The second-order valence-corrected chi connectivity index (χ2v) is 10.1. The van der Waals surface area contributed by atoms with Gasteiger partial charge in [-0.15, -0.1) is 0 Å². The summed E-state index contributed by atoms with van der Waals surface area (Å²) >= 11 is 0. The molecule has 0 saturated heterocycles. The number of carbonyl (C=O) groups excluding carboxylic acids is 1. The Kier molecular flexibility index (Phi) is 8.87. The molecule has 1 aliphatic carbocycles. The molecule has 14 heteroatoms. The summed E-state index contributed by atoms with van der Waals surface area (Å²) in [7, 11) is 4.10. The molecule has 1 aromatic carbocycles. The number of rotatable bonds is 8. The van der Waals surface area contributed by atoms with E-state index in [2.05, 4.69) is 30.8 Å². The lowest BCUT2D eigenvalue weighted by molar-refractivity contribution is -0.787. The number of benzene rings is 1. The van der Waals surface area contributed by atoms with Gasteiger partial charge in [0, 0.05) is 43.3 Å². The first-order chi connectivity index (χ1) is 18.9. The Labute approximate surface area is 227 Å². The molecule has 2 amide bonds. The highest BCUT2D eigenvalue weighted by Gasteiger charge is 2.32. The molecule has 2 aromatic heterocycles. The van der Waals surface area contributed by atoms with Crippen molar-refractivity contribution in [2.45, 2.75) is 44.3 Å². The minimum atomic E-state index is -4.76. The van der Waals surface area contributed by atoms with Crippen LogP contribution in [-0.2, 0) is 12.6 Å². The minimum absolute atomic E-state index is 0.0248. The van der Waals surface area contributed by atoms with Gasteiger partial charge in [0.25, 0.3) is 6.20 Å². The Hall–Kier alpha value is -4.20. The van der Waals surface area contributed by atoms with Crippen LogP contribution in [0.3, 0.4) is 0 Å². The zero-order chi connectivity index (χ0) is 28.9. The van der Waals surface area contributed by atoms with Crippen molar-refractivity contribution in [1.29, 1.82) is 0 Å². The average molecular weight is 562 g/mol. The Balaban J connectivity index is 1.42. The van der Waals surface area contributed by atoms with Gasteiger partial charge in [0.1, 0.15) is 0 Å². The molecule has 40 heavy (non-hydrogen) atoms. The van der Waals surface area contributed by atoms with Gasteiger partial charge in [-0.1, -0.05) is 6.07 Å². The number of hydrogen-bond acceptors (Lipinski definition) is 7. The third-order valence-electron chi connectivity index (χ3n) is 6.46. The lowest BCUT2D eigenvalue weighted by atomic mass is 9.86. The molecule has 11 nitrogen and oxygen atoms in total. The maximum Gasteiger partial charge on any atom is 0.416 e. The zero-order valence-electron chi connectivity index (χ0n) is 22.0. The molecule has 1 aliphatic rings. The first kappa shape index (κ1) is 28.8. The van der Waals surface area contributed by atoms with Crippen LogP contribution in [0, 0.1) is 5.92 Å².